The van der Waals surface area contributed by atoms with Crippen molar-refractivity contribution in [2.75, 3.05) is 7.11 Å². The summed E-state index contributed by atoms with van der Waals surface area (Å²) < 4.78 is 22.9. The van der Waals surface area contributed by atoms with Crippen LogP contribution in [-0.4, -0.2) is 11.7 Å². The summed E-state index contributed by atoms with van der Waals surface area (Å²) in [6.07, 6.45) is 4.06. The summed E-state index contributed by atoms with van der Waals surface area (Å²) >= 11 is 0. The molecule has 0 saturated carbocycles. The van der Waals surface area contributed by atoms with Crippen molar-refractivity contribution in [3.05, 3.63) is 47.8 Å². The van der Waals surface area contributed by atoms with Gasteiger partial charge >= 0.3 is 0 Å². The Labute approximate surface area is 113 Å². The molecule has 0 aliphatic rings. The molecule has 0 radical (unpaired) electrons. The largest absolute Gasteiger partial charge is 0.496 e. The summed E-state index contributed by atoms with van der Waals surface area (Å²) in [5.74, 6) is 1.62. The van der Waals surface area contributed by atoms with Crippen LogP contribution in [-0.2, 0) is 6.54 Å². The normalized spacial score (nSPS) is 11.1. The van der Waals surface area contributed by atoms with Gasteiger partial charge in [0.15, 0.2) is 0 Å². The third-order valence-electron chi connectivity index (χ3n) is 3.34. The predicted molar refractivity (Wildman–Crippen MR) is 71.8 cm³/mol. The Bertz CT molecular complexity index is 576. The van der Waals surface area contributed by atoms with E-state index in [1.807, 2.05) is 12.4 Å². The molecule has 1 heterocycles. The lowest BCUT2D eigenvalue weighted by Gasteiger charge is -2.08. The zero-order valence-corrected chi connectivity index (χ0v) is 11.9. The average molecular weight is 263 g/mol. The van der Waals surface area contributed by atoms with Crippen molar-refractivity contribution in [3.8, 4) is 5.75 Å². The van der Waals surface area contributed by atoms with Gasteiger partial charge in [-0.15, -0.1) is 0 Å². The lowest BCUT2D eigenvalue weighted by molar-refractivity contribution is -0.694. The molecule has 19 heavy (non-hydrogen) atoms. The highest BCUT2D eigenvalue weighted by atomic mass is 19.1. The van der Waals surface area contributed by atoms with Crippen molar-refractivity contribution in [1.29, 1.82) is 0 Å². The van der Waals surface area contributed by atoms with E-state index in [9.17, 15) is 4.39 Å². The highest BCUT2D eigenvalue weighted by molar-refractivity contribution is 5.33. The SMILES string of the molecule is COc1ccc(F)cc1C[n+]1ccn(C(C)C)c1C. The van der Waals surface area contributed by atoms with Gasteiger partial charge in [-0.2, -0.15) is 0 Å². The fourth-order valence-corrected chi connectivity index (χ4v) is 2.28. The molecule has 0 N–H and O–H groups in total. The van der Waals surface area contributed by atoms with Gasteiger partial charge in [0.05, 0.1) is 13.2 Å². The molecule has 0 fully saturated rings. The highest BCUT2D eigenvalue weighted by Crippen LogP contribution is 2.19. The number of hydrogen-bond acceptors (Lipinski definition) is 1. The van der Waals surface area contributed by atoms with Gasteiger partial charge < -0.3 is 4.74 Å². The van der Waals surface area contributed by atoms with E-state index >= 15 is 0 Å². The summed E-state index contributed by atoms with van der Waals surface area (Å²) in [4.78, 5) is 0. The molecule has 0 saturated heterocycles. The molecule has 3 nitrogen and oxygen atoms in total. The molecule has 4 heteroatoms. The quantitative estimate of drug-likeness (QED) is 0.776. The van der Waals surface area contributed by atoms with E-state index in [1.54, 1.807) is 13.2 Å². The molecule has 2 rings (SSSR count). The third-order valence-corrected chi connectivity index (χ3v) is 3.34. The Morgan fingerprint density at radius 1 is 1.37 bits per heavy atom. The number of benzene rings is 1. The molecule has 0 spiro atoms. The molecule has 0 amide bonds. The van der Waals surface area contributed by atoms with Crippen molar-refractivity contribution >= 4 is 0 Å². The van der Waals surface area contributed by atoms with Crippen molar-refractivity contribution in [2.45, 2.75) is 33.4 Å². The minimum atomic E-state index is -0.239. The highest BCUT2D eigenvalue weighted by Gasteiger charge is 2.16. The first-order valence-corrected chi connectivity index (χ1v) is 6.42. The van der Waals surface area contributed by atoms with E-state index in [2.05, 4.69) is 29.9 Å². The predicted octanol–water partition coefficient (Wildman–Crippen LogP) is 2.86. The number of hydrogen-bond donors (Lipinski definition) is 0. The van der Waals surface area contributed by atoms with Crippen LogP contribution in [0, 0.1) is 12.7 Å². The Kier molecular flexibility index (Phi) is 3.88. The summed E-state index contributed by atoms with van der Waals surface area (Å²) in [5.41, 5.74) is 0.845. The molecule has 0 unspecified atom stereocenters. The fraction of sp³-hybridized carbons (Fsp3) is 0.400. The summed E-state index contributed by atoms with van der Waals surface area (Å²) in [5, 5.41) is 0. The van der Waals surface area contributed by atoms with Crippen LogP contribution in [0.5, 0.6) is 5.75 Å². The van der Waals surface area contributed by atoms with Crippen LogP contribution < -0.4 is 9.30 Å². The van der Waals surface area contributed by atoms with Gasteiger partial charge in [-0.1, -0.05) is 0 Å². The lowest BCUT2D eigenvalue weighted by atomic mass is 10.2. The van der Waals surface area contributed by atoms with E-state index in [1.165, 1.54) is 12.1 Å². The van der Waals surface area contributed by atoms with Gasteiger partial charge in [0.25, 0.3) is 5.82 Å². The van der Waals surface area contributed by atoms with Crippen LogP contribution in [0.25, 0.3) is 0 Å². The Morgan fingerprint density at radius 3 is 2.68 bits per heavy atom. The minimum Gasteiger partial charge on any atom is -0.496 e. The number of imidazole rings is 1. The van der Waals surface area contributed by atoms with Crippen molar-refractivity contribution < 1.29 is 13.7 Å². The molecule has 1 aromatic carbocycles. The third kappa shape index (κ3) is 2.78. The number of aromatic nitrogens is 2. The first kappa shape index (κ1) is 13.6. The zero-order chi connectivity index (χ0) is 14.0. The Balaban J connectivity index is 2.33. The van der Waals surface area contributed by atoms with Crippen molar-refractivity contribution in [2.24, 2.45) is 0 Å². The van der Waals surface area contributed by atoms with E-state index < -0.39 is 0 Å². The van der Waals surface area contributed by atoms with Gasteiger partial charge in [0, 0.05) is 12.5 Å². The van der Waals surface area contributed by atoms with Gasteiger partial charge in [-0.25, -0.2) is 13.5 Å². The van der Waals surface area contributed by atoms with Gasteiger partial charge in [0.2, 0.25) is 0 Å². The molecule has 2 aromatic rings. The van der Waals surface area contributed by atoms with Crippen LogP contribution in [0.2, 0.25) is 0 Å². The summed E-state index contributed by atoms with van der Waals surface area (Å²) in [6, 6.07) is 5.02. The molecule has 0 bridgehead atoms. The molecule has 0 aliphatic heterocycles. The fourth-order valence-electron chi connectivity index (χ4n) is 2.28. The second-order valence-corrected chi connectivity index (χ2v) is 4.93. The van der Waals surface area contributed by atoms with Crippen molar-refractivity contribution in [1.82, 2.24) is 4.57 Å². The average Bonchev–Trinajstić information content (AvgIpc) is 2.71. The maximum Gasteiger partial charge on any atom is 0.253 e. The molecular formula is C15H20FN2O+. The van der Waals surface area contributed by atoms with Crippen molar-refractivity contribution in [3.63, 3.8) is 0 Å². The van der Waals surface area contributed by atoms with Crippen LogP contribution >= 0.6 is 0 Å². The maximum atomic E-state index is 13.4. The summed E-state index contributed by atoms with van der Waals surface area (Å²) in [7, 11) is 1.60. The standard InChI is InChI=1S/C15H20FN2O/c1-11(2)18-8-7-17(12(18)3)10-13-9-14(16)5-6-15(13)19-4/h5-9,11H,10H2,1-4H3/q+1. The second-order valence-electron chi connectivity index (χ2n) is 4.93. The monoisotopic (exact) mass is 263 g/mol. The lowest BCUT2D eigenvalue weighted by Crippen LogP contribution is -2.36. The number of methoxy groups -OCH3 is 1. The number of nitrogens with zero attached hydrogens (tertiary/aromatic N) is 2. The van der Waals surface area contributed by atoms with Crippen LogP contribution in [0.1, 0.15) is 31.3 Å². The first-order chi connectivity index (χ1) is 9.02. The smallest absolute Gasteiger partial charge is 0.253 e. The van der Waals surface area contributed by atoms with Gasteiger partial charge in [-0.05, 0) is 32.0 Å². The molecule has 0 aliphatic carbocycles. The van der Waals surface area contributed by atoms with E-state index in [4.69, 9.17) is 4.74 Å². The van der Waals surface area contributed by atoms with E-state index in [-0.39, 0.29) is 5.82 Å². The topological polar surface area (TPSA) is 18.0 Å². The molecule has 0 atom stereocenters. The molecule has 1 aromatic heterocycles. The zero-order valence-electron chi connectivity index (χ0n) is 11.9. The Morgan fingerprint density at radius 2 is 2.11 bits per heavy atom. The second kappa shape index (κ2) is 5.43. The van der Waals surface area contributed by atoms with Gasteiger partial charge in [0.1, 0.15) is 30.5 Å². The van der Waals surface area contributed by atoms with Gasteiger partial charge in [-0.3, -0.25) is 0 Å². The number of ether oxygens (including phenoxy) is 1. The minimum absolute atomic E-state index is 0.239. The summed E-state index contributed by atoms with van der Waals surface area (Å²) in [6.45, 7) is 6.94. The number of halogens is 1. The number of rotatable bonds is 4. The van der Waals surface area contributed by atoms with E-state index in [0.29, 0.717) is 18.3 Å². The van der Waals surface area contributed by atoms with E-state index in [0.717, 1.165) is 11.4 Å². The van der Waals surface area contributed by atoms with Crippen LogP contribution in [0.3, 0.4) is 0 Å². The molecule has 102 valence electrons. The van der Waals surface area contributed by atoms with Crippen LogP contribution in [0.15, 0.2) is 30.6 Å². The first-order valence-electron chi connectivity index (χ1n) is 6.42. The molecular weight excluding hydrogens is 243 g/mol. The van der Waals surface area contributed by atoms with Crippen LogP contribution in [0.4, 0.5) is 4.39 Å². The maximum absolute atomic E-state index is 13.4. The Hall–Kier alpha value is -1.84.